The lowest BCUT2D eigenvalue weighted by Gasteiger charge is -2.03. The van der Waals surface area contributed by atoms with Crippen molar-refractivity contribution >= 4 is 34.0 Å². The lowest BCUT2D eigenvalue weighted by atomic mass is 10.2. The lowest BCUT2D eigenvalue weighted by Crippen LogP contribution is -2.13. The summed E-state index contributed by atoms with van der Waals surface area (Å²) < 4.78 is 0. The Morgan fingerprint density at radius 1 is 1.32 bits per heavy atom. The van der Waals surface area contributed by atoms with Crippen LogP contribution in [-0.2, 0) is 10.5 Å². The van der Waals surface area contributed by atoms with Gasteiger partial charge in [-0.1, -0.05) is 30.3 Å². The number of carbonyl (C=O) groups excluding carboxylic acids is 1. The summed E-state index contributed by atoms with van der Waals surface area (Å²) in [4.78, 5) is 11.7. The van der Waals surface area contributed by atoms with Gasteiger partial charge in [-0.3, -0.25) is 4.79 Å². The number of nitrogens with one attached hydrogen (secondary N) is 1. The lowest BCUT2D eigenvalue weighted by molar-refractivity contribution is -0.113. The molecule has 1 N–H and O–H groups in total. The van der Waals surface area contributed by atoms with Gasteiger partial charge < -0.3 is 5.32 Å². The summed E-state index contributed by atoms with van der Waals surface area (Å²) >= 11 is 2.93. The van der Waals surface area contributed by atoms with Crippen molar-refractivity contribution in [3.8, 4) is 6.07 Å². The fraction of sp³-hybridized carbons (Fsp3) is 0.143. The van der Waals surface area contributed by atoms with Gasteiger partial charge in [0.05, 0.1) is 11.3 Å². The Bertz CT molecular complexity index is 587. The maximum atomic E-state index is 11.7. The monoisotopic (exact) mass is 288 g/mol. The van der Waals surface area contributed by atoms with E-state index in [4.69, 9.17) is 5.26 Å². The van der Waals surface area contributed by atoms with Crippen LogP contribution in [0.2, 0.25) is 0 Å². The number of thioether (sulfide) groups is 1. The van der Waals surface area contributed by atoms with Gasteiger partial charge in [0, 0.05) is 5.75 Å². The molecule has 5 heteroatoms. The number of rotatable bonds is 5. The first kappa shape index (κ1) is 13.7. The average Bonchev–Trinajstić information content (AvgIpc) is 2.87. The summed E-state index contributed by atoms with van der Waals surface area (Å²) in [7, 11) is 0. The molecule has 1 heterocycles. The molecule has 0 radical (unpaired) electrons. The molecule has 0 saturated heterocycles. The number of benzene rings is 1. The smallest absolute Gasteiger partial charge is 0.235 e. The Labute approximate surface area is 120 Å². The van der Waals surface area contributed by atoms with Crippen molar-refractivity contribution in [3.05, 3.63) is 52.9 Å². The van der Waals surface area contributed by atoms with E-state index in [0.717, 1.165) is 5.75 Å². The fourth-order valence-corrected chi connectivity index (χ4v) is 3.03. The molecule has 0 atom stereocenters. The molecule has 0 unspecified atom stereocenters. The van der Waals surface area contributed by atoms with Crippen LogP contribution in [0.4, 0.5) is 5.00 Å². The largest absolute Gasteiger partial charge is 0.316 e. The Balaban J connectivity index is 1.78. The number of amides is 1. The van der Waals surface area contributed by atoms with E-state index in [1.165, 1.54) is 16.9 Å². The van der Waals surface area contributed by atoms with Crippen molar-refractivity contribution in [2.45, 2.75) is 5.75 Å². The summed E-state index contributed by atoms with van der Waals surface area (Å²) in [5.41, 5.74) is 1.72. The predicted octanol–water partition coefficient (Wildman–Crippen LogP) is 3.49. The van der Waals surface area contributed by atoms with Crippen molar-refractivity contribution in [2.75, 3.05) is 11.1 Å². The summed E-state index contributed by atoms with van der Waals surface area (Å²) in [6.07, 6.45) is 0. The topological polar surface area (TPSA) is 52.9 Å². The summed E-state index contributed by atoms with van der Waals surface area (Å²) in [6.45, 7) is 0. The number of nitriles is 1. The van der Waals surface area contributed by atoms with Crippen LogP contribution in [0.25, 0.3) is 0 Å². The molecule has 0 bridgehead atoms. The minimum Gasteiger partial charge on any atom is -0.316 e. The van der Waals surface area contributed by atoms with E-state index in [2.05, 4.69) is 11.4 Å². The van der Waals surface area contributed by atoms with Crippen molar-refractivity contribution < 1.29 is 4.79 Å². The van der Waals surface area contributed by atoms with E-state index in [0.29, 0.717) is 16.3 Å². The minimum atomic E-state index is -0.0696. The van der Waals surface area contributed by atoms with Crippen LogP contribution in [-0.4, -0.2) is 11.7 Å². The molecular weight excluding hydrogens is 276 g/mol. The second kappa shape index (κ2) is 6.98. The van der Waals surface area contributed by atoms with E-state index in [-0.39, 0.29) is 5.91 Å². The molecule has 0 aliphatic rings. The molecule has 0 aliphatic heterocycles. The molecule has 1 aromatic heterocycles. The van der Waals surface area contributed by atoms with Crippen LogP contribution in [0.5, 0.6) is 0 Å². The molecule has 1 amide bonds. The van der Waals surface area contributed by atoms with E-state index >= 15 is 0 Å². The van der Waals surface area contributed by atoms with Crippen LogP contribution < -0.4 is 5.32 Å². The van der Waals surface area contributed by atoms with E-state index < -0.39 is 0 Å². The minimum absolute atomic E-state index is 0.0696. The van der Waals surface area contributed by atoms with Crippen LogP contribution >= 0.6 is 23.1 Å². The van der Waals surface area contributed by atoms with E-state index in [1.807, 2.05) is 30.3 Å². The molecule has 19 heavy (non-hydrogen) atoms. The van der Waals surface area contributed by atoms with Crippen LogP contribution in [0.3, 0.4) is 0 Å². The highest BCUT2D eigenvalue weighted by Gasteiger charge is 2.08. The maximum absolute atomic E-state index is 11.7. The highest BCUT2D eigenvalue weighted by atomic mass is 32.2. The number of hydrogen-bond acceptors (Lipinski definition) is 4. The number of carbonyl (C=O) groups is 1. The molecule has 0 fully saturated rings. The van der Waals surface area contributed by atoms with Crippen molar-refractivity contribution in [2.24, 2.45) is 0 Å². The van der Waals surface area contributed by atoms with Gasteiger partial charge in [0.15, 0.2) is 0 Å². The molecule has 96 valence electrons. The maximum Gasteiger partial charge on any atom is 0.235 e. The second-order valence-electron chi connectivity index (χ2n) is 3.80. The van der Waals surface area contributed by atoms with Gasteiger partial charge in [-0.15, -0.1) is 23.1 Å². The van der Waals surface area contributed by atoms with Gasteiger partial charge in [0.25, 0.3) is 0 Å². The van der Waals surface area contributed by atoms with Crippen molar-refractivity contribution in [1.82, 2.24) is 0 Å². The van der Waals surface area contributed by atoms with Gasteiger partial charge >= 0.3 is 0 Å². The predicted molar refractivity (Wildman–Crippen MR) is 80.3 cm³/mol. The van der Waals surface area contributed by atoms with Gasteiger partial charge in [-0.2, -0.15) is 5.26 Å². The van der Waals surface area contributed by atoms with Crippen LogP contribution in [0, 0.1) is 11.3 Å². The highest BCUT2D eigenvalue weighted by Crippen LogP contribution is 2.22. The second-order valence-corrected chi connectivity index (χ2v) is 5.70. The first-order valence-electron chi connectivity index (χ1n) is 5.68. The van der Waals surface area contributed by atoms with Crippen molar-refractivity contribution in [1.29, 1.82) is 5.26 Å². The SMILES string of the molecule is N#Cc1ccsc1NC(=O)CSCc1ccccc1. The number of anilines is 1. The third-order valence-corrected chi connectivity index (χ3v) is 4.22. The zero-order chi connectivity index (χ0) is 13.5. The van der Waals surface area contributed by atoms with Crippen molar-refractivity contribution in [3.63, 3.8) is 0 Å². The summed E-state index contributed by atoms with van der Waals surface area (Å²) in [5.74, 6) is 1.13. The van der Waals surface area contributed by atoms with Gasteiger partial charge in [0.2, 0.25) is 5.91 Å². The molecular formula is C14H12N2OS2. The Morgan fingerprint density at radius 2 is 2.11 bits per heavy atom. The molecule has 0 spiro atoms. The fourth-order valence-electron chi connectivity index (χ4n) is 1.49. The number of thiophene rings is 1. The Hall–Kier alpha value is -1.77. The third kappa shape index (κ3) is 4.12. The zero-order valence-electron chi connectivity index (χ0n) is 10.1. The highest BCUT2D eigenvalue weighted by molar-refractivity contribution is 7.99. The molecule has 2 rings (SSSR count). The first-order chi connectivity index (χ1) is 9.29. The quantitative estimate of drug-likeness (QED) is 0.916. The molecule has 0 aliphatic carbocycles. The summed E-state index contributed by atoms with van der Waals surface area (Å²) in [6, 6.07) is 13.8. The molecule has 3 nitrogen and oxygen atoms in total. The van der Waals surface area contributed by atoms with Gasteiger partial charge in [-0.25, -0.2) is 0 Å². The molecule has 2 aromatic rings. The molecule has 1 aromatic carbocycles. The molecule has 0 saturated carbocycles. The van der Waals surface area contributed by atoms with Gasteiger partial charge in [0.1, 0.15) is 11.1 Å². The normalized spacial score (nSPS) is 9.84. The Morgan fingerprint density at radius 3 is 2.84 bits per heavy atom. The number of hydrogen-bond donors (Lipinski definition) is 1. The van der Waals surface area contributed by atoms with E-state index in [9.17, 15) is 4.79 Å². The van der Waals surface area contributed by atoms with Crippen LogP contribution in [0.1, 0.15) is 11.1 Å². The first-order valence-corrected chi connectivity index (χ1v) is 7.72. The average molecular weight is 288 g/mol. The third-order valence-electron chi connectivity index (χ3n) is 2.38. The Kier molecular flexibility index (Phi) is 5.01. The number of nitrogens with zero attached hydrogens (tertiary/aromatic N) is 1. The summed E-state index contributed by atoms with van der Waals surface area (Å²) in [5, 5.41) is 14.0. The van der Waals surface area contributed by atoms with Gasteiger partial charge in [-0.05, 0) is 17.0 Å². The zero-order valence-corrected chi connectivity index (χ0v) is 11.8. The van der Waals surface area contributed by atoms with E-state index in [1.54, 1.807) is 23.2 Å². The van der Waals surface area contributed by atoms with Crippen LogP contribution in [0.15, 0.2) is 41.8 Å². The standard InChI is InChI=1S/C14H12N2OS2/c15-8-12-6-7-19-14(12)16-13(17)10-18-9-11-4-2-1-3-5-11/h1-7H,9-10H2,(H,16,17).